The summed E-state index contributed by atoms with van der Waals surface area (Å²) in [5.41, 5.74) is 2.28. The molecule has 2 saturated heterocycles. The Labute approximate surface area is 193 Å². The van der Waals surface area contributed by atoms with Crippen molar-refractivity contribution in [3.63, 3.8) is 0 Å². The summed E-state index contributed by atoms with van der Waals surface area (Å²) in [6.45, 7) is 7.63. The van der Waals surface area contributed by atoms with Crippen molar-refractivity contribution in [1.29, 1.82) is 0 Å². The smallest absolute Gasteiger partial charge is 0.401 e. The SMILES string of the molecule is COc1ccc(N2CCN(CCn3c(C)c[n+]4c3N=C3C4C(=O)N(C)C(=O)N3C)CC2)cc1. The van der Waals surface area contributed by atoms with E-state index >= 15 is 0 Å². The van der Waals surface area contributed by atoms with E-state index < -0.39 is 6.04 Å². The summed E-state index contributed by atoms with van der Waals surface area (Å²) in [6.07, 6.45) is 1.97. The van der Waals surface area contributed by atoms with E-state index in [0.717, 1.165) is 56.7 Å². The molecule has 10 nitrogen and oxygen atoms in total. The first-order chi connectivity index (χ1) is 15.9. The Morgan fingerprint density at radius 1 is 1.03 bits per heavy atom. The molecule has 0 saturated carbocycles. The van der Waals surface area contributed by atoms with Gasteiger partial charge in [0.15, 0.2) is 0 Å². The molecule has 5 rings (SSSR count). The molecule has 33 heavy (non-hydrogen) atoms. The van der Waals surface area contributed by atoms with Crippen LogP contribution in [0.3, 0.4) is 0 Å². The van der Waals surface area contributed by atoms with Crippen LogP contribution in [0.2, 0.25) is 0 Å². The van der Waals surface area contributed by atoms with Gasteiger partial charge in [-0.05, 0) is 31.2 Å². The maximum Gasteiger partial charge on any atom is 0.401 e. The topological polar surface area (TPSA) is 77.5 Å². The molecule has 3 amide bonds. The van der Waals surface area contributed by atoms with Gasteiger partial charge in [0.25, 0.3) is 5.91 Å². The standard InChI is InChI=1S/C23H30N7O3/c1-16-15-30-19-20(25(2)23(32)26(3)21(19)31)24-22(30)29(16)14-11-27-9-12-28(13-10-27)17-5-7-18(33-4)8-6-17/h5-8,15,19H,9-14H2,1-4H3/q+1. The van der Waals surface area contributed by atoms with Gasteiger partial charge in [-0.25, -0.2) is 13.9 Å². The van der Waals surface area contributed by atoms with Gasteiger partial charge in [0, 0.05) is 52.5 Å². The number of aryl methyl sites for hydroxylation is 1. The lowest BCUT2D eigenvalue weighted by Gasteiger charge is -2.36. The van der Waals surface area contributed by atoms with Crippen LogP contribution in [0.1, 0.15) is 11.7 Å². The molecule has 2 fully saturated rings. The van der Waals surface area contributed by atoms with E-state index in [4.69, 9.17) is 9.73 Å². The Morgan fingerprint density at radius 3 is 2.39 bits per heavy atom. The number of anilines is 1. The third-order valence-electron chi connectivity index (χ3n) is 6.89. The number of imide groups is 1. The zero-order valence-electron chi connectivity index (χ0n) is 19.6. The number of amides is 3. The number of ether oxygens (including phenoxy) is 1. The quantitative estimate of drug-likeness (QED) is 0.634. The highest BCUT2D eigenvalue weighted by Crippen LogP contribution is 2.28. The van der Waals surface area contributed by atoms with Gasteiger partial charge in [0.05, 0.1) is 13.7 Å². The van der Waals surface area contributed by atoms with Crippen molar-refractivity contribution in [3.05, 3.63) is 36.2 Å². The van der Waals surface area contributed by atoms with Crippen molar-refractivity contribution < 1.29 is 18.9 Å². The lowest BCUT2D eigenvalue weighted by molar-refractivity contribution is -0.677. The zero-order chi connectivity index (χ0) is 23.3. The van der Waals surface area contributed by atoms with Gasteiger partial charge in [-0.1, -0.05) is 4.99 Å². The zero-order valence-corrected chi connectivity index (χ0v) is 19.6. The molecule has 0 N–H and O–H groups in total. The second-order valence-corrected chi connectivity index (χ2v) is 8.77. The van der Waals surface area contributed by atoms with Crippen LogP contribution in [0.15, 0.2) is 35.5 Å². The van der Waals surface area contributed by atoms with Gasteiger partial charge in [-0.15, -0.1) is 0 Å². The van der Waals surface area contributed by atoms with Crippen molar-refractivity contribution in [3.8, 4) is 5.75 Å². The van der Waals surface area contributed by atoms with Gasteiger partial charge in [0.2, 0.25) is 11.9 Å². The maximum absolute atomic E-state index is 12.8. The molecule has 10 heteroatoms. The summed E-state index contributed by atoms with van der Waals surface area (Å²) in [5.74, 6) is 1.86. The van der Waals surface area contributed by atoms with E-state index in [2.05, 4.69) is 26.5 Å². The fourth-order valence-electron chi connectivity index (χ4n) is 4.85. The summed E-state index contributed by atoms with van der Waals surface area (Å²) in [6, 6.07) is 7.30. The molecule has 1 atom stereocenters. The molecule has 1 unspecified atom stereocenters. The molecule has 0 radical (unpaired) electrons. The third-order valence-corrected chi connectivity index (χ3v) is 6.89. The monoisotopic (exact) mass is 452 g/mol. The van der Waals surface area contributed by atoms with Gasteiger partial charge < -0.3 is 9.64 Å². The van der Waals surface area contributed by atoms with Crippen LogP contribution >= 0.6 is 0 Å². The maximum atomic E-state index is 12.8. The number of benzene rings is 1. The Morgan fingerprint density at radius 2 is 1.73 bits per heavy atom. The highest BCUT2D eigenvalue weighted by Gasteiger charge is 2.52. The molecule has 4 heterocycles. The minimum Gasteiger partial charge on any atom is -0.497 e. The molecule has 0 bridgehead atoms. The van der Waals surface area contributed by atoms with Crippen LogP contribution in [0.25, 0.3) is 0 Å². The van der Waals surface area contributed by atoms with E-state index in [-0.39, 0.29) is 11.9 Å². The fraction of sp³-hybridized carbons (Fsp3) is 0.478. The van der Waals surface area contributed by atoms with Gasteiger partial charge >= 0.3 is 12.0 Å². The van der Waals surface area contributed by atoms with Crippen molar-refractivity contribution in [2.75, 3.05) is 58.8 Å². The van der Waals surface area contributed by atoms with Crippen molar-refractivity contribution in [1.82, 2.24) is 19.3 Å². The molecule has 1 aromatic heterocycles. The molecule has 0 aliphatic carbocycles. The number of amidine groups is 1. The Hall–Kier alpha value is -3.40. The summed E-state index contributed by atoms with van der Waals surface area (Å²) in [7, 11) is 4.87. The van der Waals surface area contributed by atoms with Crippen molar-refractivity contribution in [2.45, 2.75) is 19.5 Å². The number of carbonyl (C=O) groups excluding carboxylic acids is 2. The fourth-order valence-corrected chi connectivity index (χ4v) is 4.85. The molecule has 3 aliphatic heterocycles. The highest BCUT2D eigenvalue weighted by molar-refractivity contribution is 6.18. The van der Waals surface area contributed by atoms with Crippen LogP contribution in [0.5, 0.6) is 5.75 Å². The number of hydrogen-bond donors (Lipinski definition) is 0. The van der Waals surface area contributed by atoms with Crippen molar-refractivity contribution in [2.24, 2.45) is 4.99 Å². The van der Waals surface area contributed by atoms with E-state index in [1.165, 1.54) is 22.5 Å². The summed E-state index contributed by atoms with van der Waals surface area (Å²) in [5, 5.41) is 0. The number of carbonyl (C=O) groups is 2. The Kier molecular flexibility index (Phi) is 5.32. The number of hydrogen-bond acceptors (Lipinski definition) is 6. The number of urea groups is 1. The molecule has 3 aliphatic rings. The van der Waals surface area contributed by atoms with E-state index in [1.54, 1.807) is 14.2 Å². The number of aliphatic imine (C=N–C) groups is 1. The normalized spacial score (nSPS) is 20.8. The Balaban J connectivity index is 1.25. The van der Waals surface area contributed by atoms with Gasteiger partial charge in [-0.3, -0.25) is 19.5 Å². The van der Waals surface area contributed by atoms with Crippen LogP contribution in [-0.4, -0.2) is 91.0 Å². The number of fused-ring (bicyclic) bond motifs is 3. The predicted molar refractivity (Wildman–Crippen MR) is 123 cm³/mol. The molecule has 2 aromatic rings. The number of nitrogens with zero attached hydrogens (tertiary/aromatic N) is 7. The summed E-state index contributed by atoms with van der Waals surface area (Å²) in [4.78, 5) is 37.3. The van der Waals surface area contributed by atoms with Crippen LogP contribution in [0.4, 0.5) is 16.4 Å². The number of piperazine rings is 1. The molecular formula is C23H30N7O3+. The molecule has 174 valence electrons. The minimum atomic E-state index is -0.569. The number of imidazole rings is 1. The molecule has 1 aromatic carbocycles. The number of methoxy groups -OCH3 is 1. The van der Waals surface area contributed by atoms with Crippen LogP contribution < -0.4 is 14.2 Å². The van der Waals surface area contributed by atoms with Crippen LogP contribution in [-0.2, 0) is 11.3 Å². The summed E-state index contributed by atoms with van der Waals surface area (Å²) >= 11 is 0. The number of aromatic nitrogens is 2. The first kappa shape index (κ1) is 21.4. The lowest BCUT2D eigenvalue weighted by Crippen LogP contribution is -2.61. The van der Waals surface area contributed by atoms with Crippen LogP contribution in [0, 0.1) is 6.92 Å². The lowest BCUT2D eigenvalue weighted by atomic mass is 10.2. The van der Waals surface area contributed by atoms with Crippen molar-refractivity contribution >= 4 is 29.4 Å². The second-order valence-electron chi connectivity index (χ2n) is 8.77. The Bertz CT molecular complexity index is 1120. The predicted octanol–water partition coefficient (Wildman–Crippen LogP) is 1.02. The first-order valence-electron chi connectivity index (χ1n) is 11.3. The van der Waals surface area contributed by atoms with E-state index in [1.807, 2.05) is 29.8 Å². The summed E-state index contributed by atoms with van der Waals surface area (Å²) < 4.78 is 9.30. The minimum absolute atomic E-state index is 0.243. The second kappa shape index (κ2) is 8.18. The molecular weight excluding hydrogens is 422 g/mol. The van der Waals surface area contributed by atoms with Gasteiger partial charge in [0.1, 0.15) is 17.6 Å². The average Bonchev–Trinajstić information content (AvgIpc) is 3.35. The van der Waals surface area contributed by atoms with Gasteiger partial charge in [-0.2, -0.15) is 0 Å². The van der Waals surface area contributed by atoms with E-state index in [0.29, 0.717) is 5.84 Å². The number of rotatable bonds is 5. The largest absolute Gasteiger partial charge is 0.497 e. The third kappa shape index (κ3) is 3.54. The highest BCUT2D eigenvalue weighted by atomic mass is 16.5. The average molecular weight is 453 g/mol. The number of likely N-dealkylation sites (N-methyl/N-ethyl adjacent to an activating group) is 2. The molecule has 0 spiro atoms. The van der Waals surface area contributed by atoms with E-state index in [9.17, 15) is 9.59 Å². The first-order valence-corrected chi connectivity index (χ1v) is 11.3.